The zero-order chi connectivity index (χ0) is 48.2. The van der Waals surface area contributed by atoms with E-state index in [0.29, 0.717) is 0 Å². The van der Waals surface area contributed by atoms with Crippen molar-refractivity contribution in [1.82, 2.24) is 0 Å². The van der Waals surface area contributed by atoms with Crippen molar-refractivity contribution in [2.24, 2.45) is 11.5 Å². The first-order valence-electron chi connectivity index (χ1n) is 23.7. The lowest BCUT2D eigenvalue weighted by Crippen LogP contribution is -2.34. The fraction of sp³-hybridized carbons (Fsp3) is 0.0909. The highest BCUT2D eigenvalue weighted by Gasteiger charge is 2.47. The Hall–Kier alpha value is -8.08. The summed E-state index contributed by atoms with van der Waals surface area (Å²) in [5, 5.41) is 3.74. The molecule has 3 heteroatoms. The normalized spacial score (nSPS) is 14.3. The molecule has 5 N–H and O–H groups in total. The summed E-state index contributed by atoms with van der Waals surface area (Å²) in [6.45, 7) is 11.0. The lowest BCUT2D eigenvalue weighted by Gasteiger charge is -2.36. The Bertz CT molecular complexity index is 3180. The van der Waals surface area contributed by atoms with Gasteiger partial charge in [0.15, 0.2) is 0 Å². The van der Waals surface area contributed by atoms with E-state index in [1.165, 1.54) is 73.8 Å². The van der Waals surface area contributed by atoms with Crippen LogP contribution in [0.25, 0.3) is 44.5 Å². The highest BCUT2D eigenvalue weighted by molar-refractivity contribution is 5.91. The summed E-state index contributed by atoms with van der Waals surface area (Å²) in [5.41, 5.74) is 30.0. The summed E-state index contributed by atoms with van der Waals surface area (Å²) in [7, 11) is 1.50. The summed E-state index contributed by atoms with van der Waals surface area (Å²) >= 11 is 0. The highest BCUT2D eigenvalue weighted by Crippen LogP contribution is 2.58. The summed E-state index contributed by atoms with van der Waals surface area (Å²) < 4.78 is 0. The molecule has 0 aromatic heterocycles. The van der Waals surface area contributed by atoms with Crippen LogP contribution >= 0.6 is 0 Å². The van der Waals surface area contributed by atoms with Gasteiger partial charge in [0, 0.05) is 11.4 Å². The van der Waals surface area contributed by atoms with Crippen molar-refractivity contribution < 1.29 is 0 Å². The number of para-hydroxylation sites is 2. The zero-order valence-corrected chi connectivity index (χ0v) is 40.1. The van der Waals surface area contributed by atoms with E-state index in [0.717, 1.165) is 28.1 Å². The number of fused-ring (bicyclic) bond motifs is 3. The Morgan fingerprint density at radius 3 is 1.64 bits per heavy atom. The third-order valence-electron chi connectivity index (χ3n) is 13.1. The van der Waals surface area contributed by atoms with Gasteiger partial charge in [0.2, 0.25) is 0 Å². The molecule has 1 aliphatic carbocycles. The second-order valence-electron chi connectivity index (χ2n) is 17.5. The maximum Gasteiger partial charge on any atom is 0.0728 e. The number of hydrogen-bond acceptors (Lipinski definition) is 3. The van der Waals surface area contributed by atoms with E-state index in [9.17, 15) is 0 Å². The molecular weight excluding hydrogens is 835 g/mol. The van der Waals surface area contributed by atoms with Gasteiger partial charge in [-0.3, -0.25) is 0 Å². The van der Waals surface area contributed by atoms with Gasteiger partial charge >= 0.3 is 0 Å². The van der Waals surface area contributed by atoms with E-state index in [2.05, 4.69) is 249 Å². The minimum Gasteiger partial charge on any atom is -0.355 e. The summed E-state index contributed by atoms with van der Waals surface area (Å²) in [6.07, 6.45) is 8.39. The molecule has 9 aromatic carbocycles. The first-order valence-corrected chi connectivity index (χ1v) is 23.7. The Balaban J connectivity index is 0.000000233. The lowest BCUT2D eigenvalue weighted by atomic mass is 9.67. The molecule has 0 radical (unpaired) electrons. The molecule has 69 heavy (non-hydrogen) atoms. The highest BCUT2D eigenvalue weighted by atomic mass is 14.9. The smallest absolute Gasteiger partial charge is 0.0728 e. The minimum atomic E-state index is -0.593. The average Bonchev–Trinajstić information content (AvgIpc) is 3.71. The number of hydrogen-bond donors (Lipinski definition) is 3. The second kappa shape index (κ2) is 21.7. The lowest BCUT2D eigenvalue weighted by molar-refractivity contribution is 0.603. The Kier molecular flexibility index (Phi) is 14.9. The molecule has 0 amide bonds. The quantitative estimate of drug-likeness (QED) is 0.113. The van der Waals surface area contributed by atoms with Gasteiger partial charge in [0.25, 0.3) is 0 Å². The topological polar surface area (TPSA) is 64.1 Å². The molecule has 0 spiro atoms. The van der Waals surface area contributed by atoms with Crippen LogP contribution in [0.15, 0.2) is 267 Å². The van der Waals surface area contributed by atoms with E-state index in [-0.39, 0.29) is 0 Å². The molecule has 3 nitrogen and oxygen atoms in total. The monoisotopic (exact) mass is 895 g/mol. The van der Waals surface area contributed by atoms with Crippen LogP contribution in [-0.4, -0.2) is 7.05 Å². The van der Waals surface area contributed by atoms with Crippen molar-refractivity contribution in [3.63, 3.8) is 0 Å². The fourth-order valence-electron chi connectivity index (χ4n) is 9.49. The Labute approximate surface area is 409 Å². The van der Waals surface area contributed by atoms with Gasteiger partial charge in [-0.2, -0.15) is 0 Å². The van der Waals surface area contributed by atoms with Crippen molar-refractivity contribution >= 4 is 11.4 Å². The molecule has 9 aromatic rings. The Morgan fingerprint density at radius 2 is 0.957 bits per heavy atom. The molecule has 0 aliphatic heterocycles. The predicted molar refractivity (Wildman–Crippen MR) is 296 cm³/mol. The number of nitrogens with two attached hydrogens (primary N) is 2. The Morgan fingerprint density at radius 1 is 0.478 bits per heavy atom. The van der Waals surface area contributed by atoms with Gasteiger partial charge in [-0.25, -0.2) is 0 Å². The van der Waals surface area contributed by atoms with Gasteiger partial charge in [-0.15, -0.1) is 0 Å². The molecule has 340 valence electrons. The average molecular weight is 896 g/mol. The molecule has 0 bridgehead atoms. The van der Waals surface area contributed by atoms with E-state index >= 15 is 0 Å². The third-order valence-corrected chi connectivity index (χ3v) is 13.1. The maximum atomic E-state index is 6.55. The third kappa shape index (κ3) is 9.98. The maximum absolute atomic E-state index is 6.55. The molecule has 0 fully saturated rings. The van der Waals surface area contributed by atoms with Crippen LogP contribution in [-0.2, 0) is 11.0 Å². The van der Waals surface area contributed by atoms with Gasteiger partial charge < -0.3 is 16.8 Å². The van der Waals surface area contributed by atoms with Crippen LogP contribution in [0.5, 0.6) is 0 Å². The first kappa shape index (κ1) is 47.4. The van der Waals surface area contributed by atoms with E-state index in [1.54, 1.807) is 0 Å². The molecule has 0 saturated heterocycles. The summed E-state index contributed by atoms with van der Waals surface area (Å²) in [4.78, 5) is 0. The number of aryl methyl sites for hydroxylation is 1. The molecule has 2 unspecified atom stereocenters. The van der Waals surface area contributed by atoms with Crippen molar-refractivity contribution in [2.75, 3.05) is 12.4 Å². The summed E-state index contributed by atoms with van der Waals surface area (Å²) in [5.74, 6) is 0. The van der Waals surface area contributed by atoms with Crippen LogP contribution < -0.4 is 16.8 Å². The molecule has 1 aliphatic rings. The largest absolute Gasteiger partial charge is 0.355 e. The van der Waals surface area contributed by atoms with E-state index < -0.39 is 11.0 Å². The standard InChI is InChI=1S/C45H37N.C20H19N.CH5N/c1-4-5-7-15-33(3)45(43-22-12-13-23-44(43)46-38-18-8-6-9-19-38)41-21-11-10-20-39(41)40-31-37(28-29-42(40)45)36-17-14-16-35(30-36)34-26-24-32(2)25-27-34;1-20(21,18-10-6-3-7-11-18)19-14-12-17(13-15-19)16-8-4-2-5-9-16;1-2/h4-31,46H,3H2,1-2H3;2-15H,21H2,1H3;2H2,1H3/b5-4-,15-7-;;. The van der Waals surface area contributed by atoms with Crippen molar-refractivity contribution in [2.45, 2.75) is 31.7 Å². The van der Waals surface area contributed by atoms with E-state index in [4.69, 9.17) is 12.3 Å². The molecule has 10 rings (SSSR count). The van der Waals surface area contributed by atoms with Crippen LogP contribution in [0.4, 0.5) is 11.4 Å². The molecule has 2 atom stereocenters. The minimum absolute atomic E-state index is 0.476. The van der Waals surface area contributed by atoms with Gasteiger partial charge in [0.05, 0.1) is 11.0 Å². The van der Waals surface area contributed by atoms with Crippen LogP contribution in [0.3, 0.4) is 0 Å². The molecular formula is C66H61N3. The number of benzene rings is 9. The van der Waals surface area contributed by atoms with Crippen LogP contribution in [0.2, 0.25) is 0 Å². The van der Waals surface area contributed by atoms with Gasteiger partial charge in [-0.1, -0.05) is 237 Å². The van der Waals surface area contributed by atoms with Crippen molar-refractivity contribution in [1.29, 1.82) is 0 Å². The number of rotatable bonds is 11. The van der Waals surface area contributed by atoms with Crippen molar-refractivity contribution in [3.8, 4) is 44.5 Å². The summed E-state index contributed by atoms with van der Waals surface area (Å²) in [6, 6.07) is 81.6. The molecule has 0 saturated carbocycles. The van der Waals surface area contributed by atoms with Crippen molar-refractivity contribution in [3.05, 3.63) is 300 Å². The number of nitrogens with one attached hydrogen (secondary N) is 1. The SMILES string of the molecule is C=C(/C=C\C=C/C)C1(c2ccccc2Nc2ccccc2)c2ccccc2-c2cc(-c3cccc(-c4ccc(C)cc4)c3)ccc21.CC(N)(c1ccccc1)c1ccc(-c2ccccc2)cc1.CN. The fourth-order valence-corrected chi connectivity index (χ4v) is 9.49. The predicted octanol–water partition coefficient (Wildman–Crippen LogP) is 16.2. The number of anilines is 2. The second-order valence-corrected chi connectivity index (χ2v) is 17.5. The van der Waals surface area contributed by atoms with Crippen LogP contribution in [0, 0.1) is 6.92 Å². The van der Waals surface area contributed by atoms with Gasteiger partial charge in [0.1, 0.15) is 0 Å². The van der Waals surface area contributed by atoms with Gasteiger partial charge in [-0.05, 0) is 136 Å². The number of allylic oxidation sites excluding steroid dienone is 5. The molecule has 0 heterocycles. The van der Waals surface area contributed by atoms with E-state index in [1.807, 2.05) is 37.3 Å². The zero-order valence-electron chi connectivity index (χ0n) is 40.1. The first-order chi connectivity index (χ1) is 33.8. The van der Waals surface area contributed by atoms with Crippen LogP contribution in [0.1, 0.15) is 47.2 Å².